The second kappa shape index (κ2) is 6.59. The van der Waals surface area contributed by atoms with Crippen LogP contribution in [0.1, 0.15) is 23.4 Å². The highest BCUT2D eigenvalue weighted by Crippen LogP contribution is 2.31. The first-order chi connectivity index (χ1) is 9.28. The summed E-state index contributed by atoms with van der Waals surface area (Å²) in [7, 11) is 3.38. The zero-order valence-corrected chi connectivity index (χ0v) is 12.3. The molecule has 1 heterocycles. The van der Waals surface area contributed by atoms with E-state index in [0.29, 0.717) is 0 Å². The predicted octanol–water partition coefficient (Wildman–Crippen LogP) is 3.46. The summed E-state index contributed by atoms with van der Waals surface area (Å²) in [5, 5.41) is 5.54. The van der Waals surface area contributed by atoms with Crippen LogP contribution in [0.2, 0.25) is 0 Å². The molecule has 1 unspecified atom stereocenters. The zero-order valence-electron chi connectivity index (χ0n) is 11.5. The molecule has 0 aliphatic rings. The molecule has 0 saturated carbocycles. The molecule has 102 valence electrons. The Balaban J connectivity index is 2.27. The van der Waals surface area contributed by atoms with Gasteiger partial charge < -0.3 is 14.8 Å². The van der Waals surface area contributed by atoms with Crippen LogP contribution in [0.3, 0.4) is 0 Å². The monoisotopic (exact) mass is 277 g/mol. The van der Waals surface area contributed by atoms with Crippen molar-refractivity contribution in [3.63, 3.8) is 0 Å². The lowest BCUT2D eigenvalue weighted by atomic mass is 10.1. The van der Waals surface area contributed by atoms with Crippen molar-refractivity contribution in [2.24, 2.45) is 0 Å². The molecule has 2 rings (SSSR count). The van der Waals surface area contributed by atoms with Crippen LogP contribution in [0, 0.1) is 0 Å². The van der Waals surface area contributed by atoms with E-state index < -0.39 is 0 Å². The number of benzene rings is 1. The number of rotatable bonds is 6. The van der Waals surface area contributed by atoms with Crippen molar-refractivity contribution in [3.8, 4) is 11.5 Å². The van der Waals surface area contributed by atoms with E-state index in [0.717, 1.165) is 18.0 Å². The van der Waals surface area contributed by atoms with E-state index >= 15 is 0 Å². The van der Waals surface area contributed by atoms with E-state index in [1.54, 1.807) is 25.6 Å². The standard InChI is InChI=1S/C15H19NO2S/c1-4-16-15(14-9-13(18-3)10-19-14)11-5-7-12(17-2)8-6-11/h5-10,15-16H,4H2,1-3H3. The predicted molar refractivity (Wildman–Crippen MR) is 79.4 cm³/mol. The molecule has 0 bridgehead atoms. The summed E-state index contributed by atoms with van der Waals surface area (Å²) in [6.07, 6.45) is 0. The molecule has 0 amide bonds. The van der Waals surface area contributed by atoms with Crippen molar-refractivity contribution in [3.05, 3.63) is 46.2 Å². The van der Waals surface area contributed by atoms with Gasteiger partial charge in [-0.25, -0.2) is 0 Å². The van der Waals surface area contributed by atoms with Crippen molar-refractivity contribution in [2.45, 2.75) is 13.0 Å². The number of methoxy groups -OCH3 is 2. The summed E-state index contributed by atoms with van der Waals surface area (Å²) in [6.45, 7) is 3.03. The van der Waals surface area contributed by atoms with E-state index in [2.05, 4.69) is 30.4 Å². The quantitative estimate of drug-likeness (QED) is 0.877. The first-order valence-electron chi connectivity index (χ1n) is 6.28. The van der Waals surface area contributed by atoms with Crippen LogP contribution in [0.25, 0.3) is 0 Å². The topological polar surface area (TPSA) is 30.5 Å². The number of nitrogens with one attached hydrogen (secondary N) is 1. The van der Waals surface area contributed by atoms with Gasteiger partial charge in [-0.3, -0.25) is 0 Å². The summed E-state index contributed by atoms with van der Waals surface area (Å²) < 4.78 is 10.5. The van der Waals surface area contributed by atoms with Gasteiger partial charge in [-0.2, -0.15) is 0 Å². The van der Waals surface area contributed by atoms with Crippen LogP contribution in [0.5, 0.6) is 11.5 Å². The average molecular weight is 277 g/mol. The van der Waals surface area contributed by atoms with E-state index in [-0.39, 0.29) is 6.04 Å². The molecule has 0 saturated heterocycles. The minimum atomic E-state index is 0.199. The summed E-state index contributed by atoms with van der Waals surface area (Å²) in [4.78, 5) is 1.25. The van der Waals surface area contributed by atoms with Crippen LogP contribution in [-0.4, -0.2) is 20.8 Å². The van der Waals surface area contributed by atoms with Gasteiger partial charge in [-0.05, 0) is 30.3 Å². The van der Waals surface area contributed by atoms with Crippen molar-refractivity contribution >= 4 is 11.3 Å². The van der Waals surface area contributed by atoms with Gasteiger partial charge in [0.2, 0.25) is 0 Å². The molecule has 1 N–H and O–H groups in total. The molecule has 0 fully saturated rings. The summed E-state index contributed by atoms with van der Waals surface area (Å²) in [5.41, 5.74) is 1.23. The third-order valence-corrected chi connectivity index (χ3v) is 3.95. The van der Waals surface area contributed by atoms with Gasteiger partial charge >= 0.3 is 0 Å². The maximum Gasteiger partial charge on any atom is 0.129 e. The Hall–Kier alpha value is -1.52. The molecule has 0 radical (unpaired) electrons. The van der Waals surface area contributed by atoms with Gasteiger partial charge in [0.1, 0.15) is 11.5 Å². The van der Waals surface area contributed by atoms with E-state index in [1.807, 2.05) is 17.5 Å². The third-order valence-electron chi connectivity index (χ3n) is 2.97. The number of ether oxygens (including phenoxy) is 2. The van der Waals surface area contributed by atoms with Crippen molar-refractivity contribution in [1.29, 1.82) is 0 Å². The largest absolute Gasteiger partial charge is 0.497 e. The average Bonchev–Trinajstić information content (AvgIpc) is 2.93. The number of thiophene rings is 1. The number of hydrogen-bond donors (Lipinski definition) is 1. The van der Waals surface area contributed by atoms with Gasteiger partial charge in [-0.1, -0.05) is 19.1 Å². The van der Waals surface area contributed by atoms with Crippen molar-refractivity contribution in [1.82, 2.24) is 5.32 Å². The summed E-state index contributed by atoms with van der Waals surface area (Å²) >= 11 is 1.71. The fourth-order valence-electron chi connectivity index (χ4n) is 1.98. The van der Waals surface area contributed by atoms with Crippen molar-refractivity contribution < 1.29 is 9.47 Å². The van der Waals surface area contributed by atoms with E-state index in [9.17, 15) is 0 Å². The second-order valence-corrected chi connectivity index (χ2v) is 5.10. The Morgan fingerprint density at radius 1 is 1.11 bits per heavy atom. The molecule has 0 spiro atoms. The van der Waals surface area contributed by atoms with Gasteiger partial charge in [0.25, 0.3) is 0 Å². The lowest BCUT2D eigenvalue weighted by Crippen LogP contribution is -2.20. The molecular weight excluding hydrogens is 258 g/mol. The Morgan fingerprint density at radius 2 is 1.79 bits per heavy atom. The smallest absolute Gasteiger partial charge is 0.129 e. The highest BCUT2D eigenvalue weighted by molar-refractivity contribution is 7.10. The Kier molecular flexibility index (Phi) is 4.82. The Bertz CT molecular complexity index is 507. The molecule has 0 aliphatic heterocycles. The second-order valence-electron chi connectivity index (χ2n) is 4.15. The Morgan fingerprint density at radius 3 is 2.32 bits per heavy atom. The zero-order chi connectivity index (χ0) is 13.7. The fourth-order valence-corrected chi connectivity index (χ4v) is 2.93. The van der Waals surface area contributed by atoms with Gasteiger partial charge in [0, 0.05) is 10.3 Å². The van der Waals surface area contributed by atoms with Crippen LogP contribution in [0.4, 0.5) is 0 Å². The van der Waals surface area contributed by atoms with Crippen LogP contribution in [0.15, 0.2) is 35.7 Å². The first-order valence-corrected chi connectivity index (χ1v) is 7.16. The maximum absolute atomic E-state index is 5.26. The third kappa shape index (κ3) is 3.28. The van der Waals surface area contributed by atoms with Crippen LogP contribution >= 0.6 is 11.3 Å². The van der Waals surface area contributed by atoms with Crippen LogP contribution < -0.4 is 14.8 Å². The molecule has 0 aliphatic carbocycles. The maximum atomic E-state index is 5.26. The molecule has 1 aromatic carbocycles. The number of hydrogen-bond acceptors (Lipinski definition) is 4. The summed E-state index contributed by atoms with van der Waals surface area (Å²) in [6, 6.07) is 10.5. The highest BCUT2D eigenvalue weighted by atomic mass is 32.1. The molecule has 1 atom stereocenters. The normalized spacial score (nSPS) is 12.2. The lowest BCUT2D eigenvalue weighted by Gasteiger charge is -2.17. The minimum Gasteiger partial charge on any atom is -0.497 e. The van der Waals surface area contributed by atoms with Crippen molar-refractivity contribution in [2.75, 3.05) is 20.8 Å². The molecule has 4 heteroatoms. The Labute approximate surface area is 118 Å². The highest BCUT2D eigenvalue weighted by Gasteiger charge is 2.15. The molecule has 3 nitrogen and oxygen atoms in total. The van der Waals surface area contributed by atoms with E-state index in [1.165, 1.54) is 10.4 Å². The molecule has 19 heavy (non-hydrogen) atoms. The van der Waals surface area contributed by atoms with Gasteiger partial charge in [-0.15, -0.1) is 11.3 Å². The first kappa shape index (κ1) is 13.9. The molecular formula is C15H19NO2S. The van der Waals surface area contributed by atoms with E-state index in [4.69, 9.17) is 9.47 Å². The van der Waals surface area contributed by atoms with Gasteiger partial charge in [0.05, 0.1) is 20.3 Å². The minimum absolute atomic E-state index is 0.199. The SMILES string of the molecule is CCNC(c1ccc(OC)cc1)c1cc(OC)cs1. The summed E-state index contributed by atoms with van der Waals surface area (Å²) in [5.74, 6) is 1.79. The lowest BCUT2D eigenvalue weighted by molar-refractivity contribution is 0.414. The van der Waals surface area contributed by atoms with Gasteiger partial charge in [0.15, 0.2) is 0 Å². The fraction of sp³-hybridized carbons (Fsp3) is 0.333. The van der Waals surface area contributed by atoms with Crippen LogP contribution in [-0.2, 0) is 0 Å². The molecule has 2 aromatic rings. The molecule has 1 aromatic heterocycles.